The normalized spacial score (nSPS) is 16.0. The third kappa shape index (κ3) is 4.17. The molecule has 1 fully saturated rings. The van der Waals surface area contributed by atoms with Gasteiger partial charge in [-0.2, -0.15) is 0 Å². The van der Waals surface area contributed by atoms with E-state index in [4.69, 9.17) is 16.3 Å². The second kappa shape index (κ2) is 8.69. The van der Waals surface area contributed by atoms with Crippen LogP contribution in [0.5, 0.6) is 0 Å². The predicted octanol–water partition coefficient (Wildman–Crippen LogP) is 3.69. The van der Waals surface area contributed by atoms with E-state index in [1.165, 1.54) is 0 Å². The Bertz CT molecular complexity index is 950. The maximum absolute atomic E-state index is 12.9. The number of pyridine rings is 1. The molecule has 5 nitrogen and oxygen atoms in total. The van der Waals surface area contributed by atoms with Gasteiger partial charge in [0.1, 0.15) is 5.69 Å². The second-order valence-corrected chi connectivity index (χ2v) is 7.24. The minimum Gasteiger partial charge on any atom is -0.379 e. The number of amides is 1. The molecule has 1 aliphatic rings. The van der Waals surface area contributed by atoms with Crippen molar-refractivity contribution in [2.24, 2.45) is 0 Å². The number of fused-ring (bicyclic) bond motifs is 1. The van der Waals surface area contributed by atoms with Crippen molar-refractivity contribution >= 4 is 28.3 Å². The monoisotopic (exact) mass is 395 g/mol. The van der Waals surface area contributed by atoms with Gasteiger partial charge in [-0.3, -0.25) is 14.7 Å². The van der Waals surface area contributed by atoms with Gasteiger partial charge in [-0.15, -0.1) is 0 Å². The standard InChI is InChI=1S/C22H22ClN3O2/c23-18-7-5-17(6-8-18)20(26-11-13-28-14-12-26)15-25-22(27)21-19-4-2-1-3-16(19)9-10-24-21/h1-10,20H,11-15H2,(H,25,27). The molecular weight excluding hydrogens is 374 g/mol. The highest BCUT2D eigenvalue weighted by atomic mass is 35.5. The number of nitrogens with zero attached hydrogens (tertiary/aromatic N) is 2. The summed E-state index contributed by atoms with van der Waals surface area (Å²) < 4.78 is 5.49. The highest BCUT2D eigenvalue weighted by Gasteiger charge is 2.24. The Hall–Kier alpha value is -2.47. The number of carbonyl (C=O) groups excluding carboxylic acids is 1. The Balaban J connectivity index is 1.54. The number of ether oxygens (including phenoxy) is 1. The fourth-order valence-electron chi connectivity index (χ4n) is 3.61. The van der Waals surface area contributed by atoms with E-state index in [1.54, 1.807) is 6.20 Å². The number of benzene rings is 2. The summed E-state index contributed by atoms with van der Waals surface area (Å²) >= 11 is 6.05. The molecule has 1 unspecified atom stereocenters. The summed E-state index contributed by atoms with van der Waals surface area (Å²) in [7, 11) is 0. The first-order valence-corrected chi connectivity index (χ1v) is 9.79. The number of rotatable bonds is 5. The lowest BCUT2D eigenvalue weighted by Gasteiger charge is -2.35. The Labute approximate surface area is 169 Å². The van der Waals surface area contributed by atoms with E-state index in [2.05, 4.69) is 15.2 Å². The fourth-order valence-corrected chi connectivity index (χ4v) is 3.73. The van der Waals surface area contributed by atoms with Crippen molar-refractivity contribution in [2.45, 2.75) is 6.04 Å². The van der Waals surface area contributed by atoms with Gasteiger partial charge in [-0.25, -0.2) is 0 Å². The molecule has 28 heavy (non-hydrogen) atoms. The zero-order valence-electron chi connectivity index (χ0n) is 15.5. The van der Waals surface area contributed by atoms with Gasteiger partial charge in [0.25, 0.3) is 5.91 Å². The van der Waals surface area contributed by atoms with Crippen LogP contribution in [0, 0.1) is 0 Å². The van der Waals surface area contributed by atoms with Crippen LogP contribution in [0.15, 0.2) is 60.8 Å². The van der Waals surface area contributed by atoms with Crippen molar-refractivity contribution in [3.63, 3.8) is 0 Å². The number of hydrogen-bond donors (Lipinski definition) is 1. The molecule has 0 saturated carbocycles. The van der Waals surface area contributed by atoms with Crippen molar-refractivity contribution in [1.29, 1.82) is 0 Å². The summed E-state index contributed by atoms with van der Waals surface area (Å²) in [5.41, 5.74) is 1.58. The Morgan fingerprint density at radius 3 is 2.64 bits per heavy atom. The summed E-state index contributed by atoms with van der Waals surface area (Å²) in [6.07, 6.45) is 1.68. The fraction of sp³-hybridized carbons (Fsp3) is 0.273. The van der Waals surface area contributed by atoms with E-state index in [-0.39, 0.29) is 11.9 Å². The molecular formula is C22H22ClN3O2. The van der Waals surface area contributed by atoms with Crippen LogP contribution in [0.25, 0.3) is 10.8 Å². The molecule has 3 aromatic rings. The maximum atomic E-state index is 12.9. The summed E-state index contributed by atoms with van der Waals surface area (Å²) in [6.45, 7) is 3.54. The van der Waals surface area contributed by atoms with Crippen LogP contribution in [-0.2, 0) is 4.74 Å². The van der Waals surface area contributed by atoms with Crippen LogP contribution in [-0.4, -0.2) is 48.6 Å². The van der Waals surface area contributed by atoms with Gasteiger partial charge in [0.15, 0.2) is 0 Å². The number of hydrogen-bond acceptors (Lipinski definition) is 4. The summed E-state index contributed by atoms with van der Waals surface area (Å²) in [4.78, 5) is 19.5. The molecule has 2 heterocycles. The molecule has 1 saturated heterocycles. The highest BCUT2D eigenvalue weighted by Crippen LogP contribution is 2.23. The van der Waals surface area contributed by atoms with E-state index >= 15 is 0 Å². The highest BCUT2D eigenvalue weighted by molar-refractivity contribution is 6.30. The van der Waals surface area contributed by atoms with Gasteiger partial charge in [0, 0.05) is 36.2 Å². The van der Waals surface area contributed by atoms with Gasteiger partial charge in [-0.1, -0.05) is 48.0 Å². The molecule has 0 spiro atoms. The molecule has 0 radical (unpaired) electrons. The number of halogens is 1. The number of aromatic nitrogens is 1. The largest absolute Gasteiger partial charge is 0.379 e. The second-order valence-electron chi connectivity index (χ2n) is 6.81. The topological polar surface area (TPSA) is 54.5 Å². The van der Waals surface area contributed by atoms with Gasteiger partial charge < -0.3 is 10.1 Å². The first-order chi connectivity index (χ1) is 13.7. The predicted molar refractivity (Wildman–Crippen MR) is 111 cm³/mol. The van der Waals surface area contributed by atoms with Crippen LogP contribution in [0.3, 0.4) is 0 Å². The molecule has 2 aromatic carbocycles. The van der Waals surface area contributed by atoms with E-state index in [9.17, 15) is 4.79 Å². The molecule has 6 heteroatoms. The number of nitrogens with one attached hydrogen (secondary N) is 1. The zero-order valence-corrected chi connectivity index (χ0v) is 16.2. The van der Waals surface area contributed by atoms with Crippen LogP contribution in [0.1, 0.15) is 22.1 Å². The Morgan fingerprint density at radius 1 is 1.11 bits per heavy atom. The van der Waals surface area contributed by atoms with E-state index in [1.807, 2.05) is 54.6 Å². The molecule has 1 aromatic heterocycles. The first kappa shape index (κ1) is 18.9. The summed E-state index contributed by atoms with van der Waals surface area (Å²) in [6, 6.07) is 17.6. The SMILES string of the molecule is O=C(NCC(c1ccc(Cl)cc1)N1CCOCC1)c1nccc2ccccc12. The van der Waals surface area contributed by atoms with Gasteiger partial charge in [-0.05, 0) is 29.1 Å². The van der Waals surface area contributed by atoms with Crippen molar-refractivity contribution < 1.29 is 9.53 Å². The van der Waals surface area contributed by atoms with Crippen molar-refractivity contribution in [1.82, 2.24) is 15.2 Å². The van der Waals surface area contributed by atoms with Crippen LogP contribution in [0.2, 0.25) is 5.02 Å². The average Bonchev–Trinajstić information content (AvgIpc) is 2.75. The van der Waals surface area contributed by atoms with Crippen molar-refractivity contribution in [3.05, 3.63) is 77.1 Å². The summed E-state index contributed by atoms with van der Waals surface area (Å²) in [5, 5.41) is 5.65. The van der Waals surface area contributed by atoms with Crippen LogP contribution < -0.4 is 5.32 Å². The van der Waals surface area contributed by atoms with Crippen molar-refractivity contribution in [2.75, 3.05) is 32.8 Å². The molecule has 1 amide bonds. The quantitative estimate of drug-likeness (QED) is 0.715. The van der Waals surface area contributed by atoms with Crippen LogP contribution in [0.4, 0.5) is 0 Å². The van der Waals surface area contributed by atoms with E-state index in [0.717, 1.165) is 29.4 Å². The summed E-state index contributed by atoms with van der Waals surface area (Å²) in [5.74, 6) is -0.163. The molecule has 0 bridgehead atoms. The lowest BCUT2D eigenvalue weighted by molar-refractivity contribution is 0.0162. The maximum Gasteiger partial charge on any atom is 0.270 e. The Morgan fingerprint density at radius 2 is 1.86 bits per heavy atom. The smallest absolute Gasteiger partial charge is 0.270 e. The van der Waals surface area contributed by atoms with Gasteiger partial charge >= 0.3 is 0 Å². The van der Waals surface area contributed by atoms with E-state index < -0.39 is 0 Å². The molecule has 4 rings (SSSR count). The first-order valence-electron chi connectivity index (χ1n) is 9.41. The third-order valence-electron chi connectivity index (χ3n) is 5.09. The van der Waals surface area contributed by atoms with Crippen molar-refractivity contribution in [3.8, 4) is 0 Å². The molecule has 1 aliphatic heterocycles. The van der Waals surface area contributed by atoms with Gasteiger partial charge in [0.05, 0.1) is 19.3 Å². The molecule has 144 valence electrons. The molecule has 1 N–H and O–H groups in total. The molecule has 0 aliphatic carbocycles. The molecule has 1 atom stereocenters. The Kier molecular flexibility index (Phi) is 5.86. The lowest BCUT2D eigenvalue weighted by Crippen LogP contribution is -2.44. The van der Waals surface area contributed by atoms with Gasteiger partial charge in [0.2, 0.25) is 0 Å². The lowest BCUT2D eigenvalue weighted by atomic mass is 10.0. The zero-order chi connectivity index (χ0) is 19.3. The van der Waals surface area contributed by atoms with Crippen LogP contribution >= 0.6 is 11.6 Å². The number of morpholine rings is 1. The van der Waals surface area contributed by atoms with E-state index in [0.29, 0.717) is 30.5 Å². The minimum absolute atomic E-state index is 0.0556. The third-order valence-corrected chi connectivity index (χ3v) is 5.34. The average molecular weight is 396 g/mol. The minimum atomic E-state index is -0.163. The number of carbonyl (C=O) groups is 1.